The van der Waals surface area contributed by atoms with Crippen molar-refractivity contribution in [3.8, 4) is 0 Å². The molecule has 0 saturated carbocycles. The molecule has 1 nitrogen and oxygen atoms in total. The molecule has 0 spiro atoms. The second-order valence-electron chi connectivity index (χ2n) is 3.27. The average Bonchev–Trinajstić information content (AvgIpc) is 2.93. The summed E-state index contributed by atoms with van der Waals surface area (Å²) in [7, 11) is 0.750. The van der Waals surface area contributed by atoms with E-state index in [2.05, 4.69) is 41.1 Å². The van der Waals surface area contributed by atoms with Gasteiger partial charge in [-0.1, -0.05) is 0 Å². The van der Waals surface area contributed by atoms with E-state index in [9.17, 15) is 0 Å². The van der Waals surface area contributed by atoms with Crippen molar-refractivity contribution >= 4 is 0 Å². The maximum absolute atomic E-state index is 8.25. The Morgan fingerprint density at radius 1 is 1.00 bits per heavy atom. The molecular formula is C12H16OZr. The molecule has 0 amide bonds. The second-order valence-corrected chi connectivity index (χ2v) is 9.50. The van der Waals surface area contributed by atoms with Gasteiger partial charge in [-0.15, -0.1) is 0 Å². The Balaban J connectivity index is 0.000000461. The van der Waals surface area contributed by atoms with Crippen LogP contribution in [0, 0.1) is 0 Å². The van der Waals surface area contributed by atoms with E-state index in [-0.39, 0.29) is 0 Å². The molecule has 74 valence electrons. The first kappa shape index (κ1) is 11.9. The predicted molar refractivity (Wildman–Crippen MR) is 55.5 cm³/mol. The van der Waals surface area contributed by atoms with Crippen LogP contribution in [-0.2, 0) is 21.8 Å². The van der Waals surface area contributed by atoms with Crippen LogP contribution in [0.15, 0.2) is 43.0 Å². The molecule has 0 heterocycles. The first-order valence-electron chi connectivity index (χ1n) is 4.84. The van der Waals surface area contributed by atoms with Gasteiger partial charge in [0.2, 0.25) is 0 Å². The molecule has 0 unspecified atom stereocenters. The first-order chi connectivity index (χ1) is 6.88. The maximum atomic E-state index is 8.25. The summed E-state index contributed by atoms with van der Waals surface area (Å²) in [6.07, 6.45) is 16.1. The van der Waals surface area contributed by atoms with Gasteiger partial charge in [-0.2, -0.15) is 7.11 Å². The van der Waals surface area contributed by atoms with Crippen LogP contribution in [0.1, 0.15) is 12.8 Å². The Labute approximate surface area is 94.2 Å². The van der Waals surface area contributed by atoms with Crippen LogP contribution in [0.3, 0.4) is 0 Å². The van der Waals surface area contributed by atoms with Crippen molar-refractivity contribution in [2.75, 3.05) is 7.11 Å². The van der Waals surface area contributed by atoms with Gasteiger partial charge in [0.25, 0.3) is 0 Å². The first-order valence-corrected chi connectivity index (χ1v) is 9.76. The van der Waals surface area contributed by atoms with Crippen molar-refractivity contribution in [2.45, 2.75) is 17.5 Å². The van der Waals surface area contributed by atoms with E-state index in [0.717, 1.165) is 7.11 Å². The van der Waals surface area contributed by atoms with E-state index < -0.39 is 21.8 Å². The van der Waals surface area contributed by atoms with Crippen molar-refractivity contribution in [1.82, 2.24) is 0 Å². The molecule has 0 aromatic carbocycles. The van der Waals surface area contributed by atoms with E-state index >= 15 is 0 Å². The van der Waals surface area contributed by atoms with Crippen LogP contribution in [0.5, 0.6) is 0 Å². The molecule has 0 bridgehead atoms. The molecule has 0 aromatic heterocycles. The molecule has 2 rings (SSSR count). The van der Waals surface area contributed by atoms with Gasteiger partial charge >= 0.3 is 82.2 Å². The van der Waals surface area contributed by atoms with E-state index in [1.807, 2.05) is 0 Å². The van der Waals surface area contributed by atoms with Gasteiger partial charge in [-0.3, -0.25) is 0 Å². The molecule has 0 fully saturated rings. The quantitative estimate of drug-likeness (QED) is 0.753. The molecule has 0 aromatic rings. The van der Waals surface area contributed by atoms with Crippen LogP contribution in [0.4, 0.5) is 0 Å². The Bertz CT molecular complexity index is 267. The number of rotatable bonds is 2. The van der Waals surface area contributed by atoms with Gasteiger partial charge < -0.3 is 5.11 Å². The Morgan fingerprint density at radius 2 is 1.43 bits per heavy atom. The minimum absolute atomic E-state index is 0.750. The third kappa shape index (κ3) is 2.90. The zero-order valence-electron chi connectivity index (χ0n) is 8.79. The average molecular weight is 267 g/mol. The number of allylic oxidation sites excluding steroid dienone is 8. The summed E-state index contributed by atoms with van der Waals surface area (Å²) >= 11 is -1.27. The van der Waals surface area contributed by atoms with Crippen LogP contribution in [0.25, 0.3) is 0 Å². The van der Waals surface area contributed by atoms with Crippen LogP contribution in [-0.4, -0.2) is 7.11 Å². The zero-order valence-corrected chi connectivity index (χ0v) is 11.2. The molecule has 0 saturated heterocycles. The second kappa shape index (κ2) is 6.32. The third-order valence-electron chi connectivity index (χ3n) is 2.51. The summed E-state index contributed by atoms with van der Waals surface area (Å²) in [5.41, 5.74) is 0. The van der Waals surface area contributed by atoms with Crippen molar-refractivity contribution in [3.63, 3.8) is 0 Å². The molecule has 14 heavy (non-hydrogen) atoms. The van der Waals surface area contributed by atoms with Gasteiger partial charge in [0, 0.05) is 0 Å². The molecule has 2 aliphatic rings. The molecule has 0 N–H and O–H groups in total. The summed E-state index contributed by atoms with van der Waals surface area (Å²) in [6.45, 7) is 0. The third-order valence-corrected chi connectivity index (χ3v) is 9.06. The fraction of sp³-hybridized carbons (Fsp3) is 0.333. The van der Waals surface area contributed by atoms with Gasteiger partial charge in [0.1, 0.15) is 0 Å². The van der Waals surface area contributed by atoms with Crippen molar-refractivity contribution < 1.29 is 26.9 Å². The normalized spacial score (nSPS) is 17.4. The van der Waals surface area contributed by atoms with Crippen LogP contribution in [0.2, 0.25) is 4.63 Å². The molecule has 0 atom stereocenters. The molecule has 2 aliphatic carbocycles. The zero-order chi connectivity index (χ0) is 10.4. The molecule has 2 heteroatoms. The van der Waals surface area contributed by atoms with Crippen LogP contribution < -0.4 is 5.11 Å². The van der Waals surface area contributed by atoms with E-state index in [1.165, 1.54) is 12.8 Å². The monoisotopic (exact) mass is 266 g/mol. The summed E-state index contributed by atoms with van der Waals surface area (Å²) in [5.74, 6) is 0. The molecular weight excluding hydrogens is 251 g/mol. The summed E-state index contributed by atoms with van der Waals surface area (Å²) < 4.78 is 6.01. The van der Waals surface area contributed by atoms with Gasteiger partial charge in [0.15, 0.2) is 0 Å². The predicted octanol–water partition coefficient (Wildman–Crippen LogP) is 2.32. The minimum atomic E-state index is -1.27. The van der Waals surface area contributed by atoms with Crippen molar-refractivity contribution in [1.29, 1.82) is 0 Å². The molecule has 0 aliphatic heterocycles. The van der Waals surface area contributed by atoms with Crippen LogP contribution >= 0.6 is 0 Å². The van der Waals surface area contributed by atoms with Crippen molar-refractivity contribution in [3.05, 3.63) is 43.0 Å². The van der Waals surface area contributed by atoms with E-state index in [1.54, 1.807) is 6.56 Å². The summed E-state index contributed by atoms with van der Waals surface area (Å²) in [4.78, 5) is 0. The van der Waals surface area contributed by atoms with Crippen molar-refractivity contribution in [2.24, 2.45) is 0 Å². The fourth-order valence-electron chi connectivity index (χ4n) is 1.66. The van der Waals surface area contributed by atoms with E-state index in [0.29, 0.717) is 0 Å². The van der Waals surface area contributed by atoms with E-state index in [4.69, 9.17) is 5.11 Å². The van der Waals surface area contributed by atoms with Gasteiger partial charge in [0.05, 0.1) is 0 Å². The Kier molecular flexibility index (Phi) is 5.36. The Hall–Kier alpha value is -0.197. The fourth-order valence-corrected chi connectivity index (χ4v) is 6.46. The van der Waals surface area contributed by atoms with Gasteiger partial charge in [-0.25, -0.2) is 0 Å². The number of hydrogen-bond acceptors (Lipinski definition) is 1. The molecule has 0 radical (unpaired) electrons. The Morgan fingerprint density at radius 3 is 1.71 bits per heavy atom. The summed E-state index contributed by atoms with van der Waals surface area (Å²) in [6, 6.07) is 0. The van der Waals surface area contributed by atoms with Gasteiger partial charge in [-0.05, 0) is 0 Å². The topological polar surface area (TPSA) is 23.1 Å². The SMILES string of the molecule is C[O-].[CH3][Zr+]([C]1=CC=CC1)[C]1=CC=CC1. The number of hydrogen-bond donors (Lipinski definition) is 0. The summed E-state index contributed by atoms with van der Waals surface area (Å²) in [5, 5.41) is 8.25. The standard InChI is InChI=1S/2C5H5.CH3O.CH3.Zr/c2*1-2-4-5-3-1;1-2;;/h2*1-3H,4H2;1H3;1H3;/q;;-1;;+1.